The third kappa shape index (κ3) is 9.42. The minimum absolute atomic E-state index is 0. The number of benzene rings is 1. The Morgan fingerprint density at radius 2 is 1.89 bits per heavy atom. The minimum atomic E-state index is -4.29. The predicted molar refractivity (Wildman–Crippen MR) is 116 cm³/mol. The number of hydrogen-bond acceptors (Lipinski definition) is 3. The molecule has 0 bridgehead atoms. The Kier molecular flexibility index (Phi) is 11.1. The molecule has 2 rings (SSSR count). The molecule has 1 fully saturated rings. The van der Waals surface area contributed by atoms with Crippen molar-refractivity contribution in [1.82, 2.24) is 15.5 Å². The van der Waals surface area contributed by atoms with E-state index in [1.165, 1.54) is 6.42 Å². The van der Waals surface area contributed by atoms with Crippen LogP contribution in [0, 0.1) is 5.92 Å². The van der Waals surface area contributed by atoms with Crippen molar-refractivity contribution in [3.63, 3.8) is 0 Å². The van der Waals surface area contributed by atoms with E-state index in [-0.39, 0.29) is 30.6 Å². The molecule has 0 spiro atoms. The van der Waals surface area contributed by atoms with Gasteiger partial charge in [0.15, 0.2) is 5.96 Å². The van der Waals surface area contributed by atoms with Crippen LogP contribution in [0.1, 0.15) is 24.5 Å². The number of halogens is 4. The third-order valence-electron chi connectivity index (χ3n) is 4.62. The molecule has 9 heteroatoms. The maximum Gasteiger partial charge on any atom is 0.411 e. The van der Waals surface area contributed by atoms with E-state index < -0.39 is 12.8 Å². The van der Waals surface area contributed by atoms with Crippen LogP contribution in [0.5, 0.6) is 0 Å². The van der Waals surface area contributed by atoms with Crippen LogP contribution in [0.2, 0.25) is 0 Å². The Balaban J connectivity index is 0.00000392. The van der Waals surface area contributed by atoms with Gasteiger partial charge in [-0.2, -0.15) is 13.2 Å². The SMILES string of the molecule is CCN1CCC(CNC(=NC)NCc2ccc(COCC(F)(F)F)cc2)C1.I. The third-order valence-corrected chi connectivity index (χ3v) is 4.62. The summed E-state index contributed by atoms with van der Waals surface area (Å²) in [5.74, 6) is 1.39. The lowest BCUT2D eigenvalue weighted by Gasteiger charge is -2.16. The monoisotopic (exact) mass is 514 g/mol. The van der Waals surface area contributed by atoms with Crippen molar-refractivity contribution in [2.45, 2.75) is 32.7 Å². The first-order valence-corrected chi connectivity index (χ1v) is 9.28. The molecule has 0 aromatic heterocycles. The summed E-state index contributed by atoms with van der Waals surface area (Å²) in [6.45, 7) is 5.78. The molecule has 2 N–H and O–H groups in total. The van der Waals surface area contributed by atoms with Gasteiger partial charge in [0.1, 0.15) is 6.61 Å². The topological polar surface area (TPSA) is 48.9 Å². The Morgan fingerprint density at radius 3 is 2.46 bits per heavy atom. The number of guanidine groups is 1. The largest absolute Gasteiger partial charge is 0.411 e. The highest BCUT2D eigenvalue weighted by Gasteiger charge is 2.27. The molecule has 1 unspecified atom stereocenters. The summed E-state index contributed by atoms with van der Waals surface area (Å²) in [6, 6.07) is 7.31. The number of alkyl halides is 3. The first-order chi connectivity index (χ1) is 12.9. The van der Waals surface area contributed by atoms with E-state index >= 15 is 0 Å². The second-order valence-corrected chi connectivity index (χ2v) is 6.78. The zero-order valence-electron chi connectivity index (χ0n) is 16.4. The van der Waals surface area contributed by atoms with Crippen LogP contribution in [-0.2, 0) is 17.9 Å². The number of ether oxygens (including phenoxy) is 1. The van der Waals surface area contributed by atoms with Gasteiger partial charge in [-0.25, -0.2) is 0 Å². The molecular formula is C19H30F3IN4O. The van der Waals surface area contributed by atoms with Crippen LogP contribution in [0.15, 0.2) is 29.3 Å². The van der Waals surface area contributed by atoms with Crippen molar-refractivity contribution in [3.05, 3.63) is 35.4 Å². The van der Waals surface area contributed by atoms with Crippen molar-refractivity contribution >= 4 is 29.9 Å². The maximum atomic E-state index is 12.1. The fourth-order valence-electron chi connectivity index (χ4n) is 3.05. The molecule has 1 heterocycles. The summed E-state index contributed by atoms with van der Waals surface area (Å²) in [7, 11) is 1.74. The molecule has 1 aliphatic heterocycles. The van der Waals surface area contributed by atoms with Gasteiger partial charge in [0.05, 0.1) is 6.61 Å². The van der Waals surface area contributed by atoms with Gasteiger partial charge in [0.25, 0.3) is 0 Å². The number of aliphatic imine (C=N–C) groups is 1. The summed E-state index contributed by atoms with van der Waals surface area (Å²) in [5.41, 5.74) is 1.74. The van der Waals surface area contributed by atoms with E-state index in [0.717, 1.165) is 37.7 Å². The first kappa shape index (κ1) is 25.0. The normalized spacial score (nSPS) is 18.0. The smallest absolute Gasteiger partial charge is 0.367 e. The Morgan fingerprint density at radius 1 is 1.21 bits per heavy atom. The van der Waals surface area contributed by atoms with E-state index in [2.05, 4.69) is 32.2 Å². The van der Waals surface area contributed by atoms with Crippen LogP contribution < -0.4 is 10.6 Å². The van der Waals surface area contributed by atoms with Gasteiger partial charge in [-0.1, -0.05) is 31.2 Å². The van der Waals surface area contributed by atoms with Crippen LogP contribution in [0.3, 0.4) is 0 Å². The summed E-state index contributed by atoms with van der Waals surface area (Å²) in [6.07, 6.45) is -3.09. The maximum absolute atomic E-state index is 12.1. The standard InChI is InChI=1S/C19H29F3N4O.HI/c1-3-26-9-8-17(12-26)11-25-18(23-2)24-10-15-4-6-16(7-5-15)13-27-14-19(20,21)22;/h4-7,17H,3,8-14H2,1-2H3,(H2,23,24,25);1H. The van der Waals surface area contributed by atoms with Crippen molar-refractivity contribution in [3.8, 4) is 0 Å². The van der Waals surface area contributed by atoms with Gasteiger partial charge >= 0.3 is 6.18 Å². The quantitative estimate of drug-likeness (QED) is 0.318. The molecule has 0 amide bonds. The van der Waals surface area contributed by atoms with Gasteiger partial charge in [0.2, 0.25) is 0 Å². The molecule has 5 nitrogen and oxygen atoms in total. The van der Waals surface area contributed by atoms with Gasteiger partial charge < -0.3 is 20.3 Å². The lowest BCUT2D eigenvalue weighted by atomic mass is 10.1. The van der Waals surface area contributed by atoms with E-state index in [1.807, 2.05) is 12.1 Å². The van der Waals surface area contributed by atoms with E-state index in [0.29, 0.717) is 18.0 Å². The van der Waals surface area contributed by atoms with E-state index in [4.69, 9.17) is 0 Å². The number of likely N-dealkylation sites (tertiary alicyclic amines) is 1. The second-order valence-electron chi connectivity index (χ2n) is 6.78. The second kappa shape index (κ2) is 12.5. The first-order valence-electron chi connectivity index (χ1n) is 9.28. The molecule has 1 aliphatic rings. The summed E-state index contributed by atoms with van der Waals surface area (Å²) >= 11 is 0. The van der Waals surface area contributed by atoms with Gasteiger partial charge in [-0.15, -0.1) is 24.0 Å². The zero-order valence-corrected chi connectivity index (χ0v) is 18.7. The van der Waals surface area contributed by atoms with Crippen molar-refractivity contribution in [2.75, 3.05) is 39.8 Å². The highest BCUT2D eigenvalue weighted by atomic mass is 127. The molecule has 0 radical (unpaired) electrons. The molecule has 1 aromatic rings. The molecular weight excluding hydrogens is 484 g/mol. The molecule has 28 heavy (non-hydrogen) atoms. The van der Waals surface area contributed by atoms with Crippen LogP contribution in [-0.4, -0.2) is 56.9 Å². The average Bonchev–Trinajstić information content (AvgIpc) is 3.10. The van der Waals surface area contributed by atoms with Gasteiger partial charge in [0, 0.05) is 26.7 Å². The highest BCUT2D eigenvalue weighted by molar-refractivity contribution is 14.0. The molecule has 1 aromatic carbocycles. The highest BCUT2D eigenvalue weighted by Crippen LogP contribution is 2.16. The average molecular weight is 514 g/mol. The molecule has 0 aliphatic carbocycles. The Labute approximate surface area is 182 Å². The summed E-state index contributed by atoms with van der Waals surface area (Å²) in [5, 5.41) is 6.63. The van der Waals surface area contributed by atoms with Crippen LogP contribution in [0.4, 0.5) is 13.2 Å². The molecule has 1 saturated heterocycles. The minimum Gasteiger partial charge on any atom is -0.367 e. The lowest BCUT2D eigenvalue weighted by Crippen LogP contribution is -2.39. The predicted octanol–water partition coefficient (Wildman–Crippen LogP) is 3.39. The molecule has 1 atom stereocenters. The number of nitrogens with zero attached hydrogens (tertiary/aromatic N) is 2. The molecule has 160 valence electrons. The summed E-state index contributed by atoms with van der Waals surface area (Å²) in [4.78, 5) is 6.69. The Bertz CT molecular complexity index is 596. The van der Waals surface area contributed by atoms with Crippen molar-refractivity contribution < 1.29 is 17.9 Å². The van der Waals surface area contributed by atoms with Crippen molar-refractivity contribution in [2.24, 2.45) is 10.9 Å². The number of hydrogen-bond donors (Lipinski definition) is 2. The van der Waals surface area contributed by atoms with Crippen LogP contribution in [0.25, 0.3) is 0 Å². The van der Waals surface area contributed by atoms with E-state index in [9.17, 15) is 13.2 Å². The van der Waals surface area contributed by atoms with Crippen molar-refractivity contribution in [1.29, 1.82) is 0 Å². The fourth-order valence-corrected chi connectivity index (χ4v) is 3.05. The number of rotatable bonds is 8. The fraction of sp³-hybridized carbons (Fsp3) is 0.632. The number of nitrogens with one attached hydrogen (secondary N) is 2. The molecule has 0 saturated carbocycles. The zero-order chi connectivity index (χ0) is 19.7. The summed E-state index contributed by atoms with van der Waals surface area (Å²) < 4.78 is 40.9. The van der Waals surface area contributed by atoms with Crippen LogP contribution >= 0.6 is 24.0 Å². The van der Waals surface area contributed by atoms with Gasteiger partial charge in [-0.3, -0.25) is 4.99 Å². The van der Waals surface area contributed by atoms with E-state index in [1.54, 1.807) is 19.2 Å². The lowest BCUT2D eigenvalue weighted by molar-refractivity contribution is -0.176. The van der Waals surface area contributed by atoms with Gasteiger partial charge in [-0.05, 0) is 36.6 Å². The Hall–Kier alpha value is -1.07.